The number of rotatable bonds is 12. The van der Waals surface area contributed by atoms with Crippen LogP contribution in [-0.4, -0.2) is 53.9 Å². The normalized spacial score (nSPS) is 11.2. The largest absolute Gasteiger partial charge is 0.447 e. The van der Waals surface area contributed by atoms with Gasteiger partial charge in [0.05, 0.1) is 10.5 Å². The summed E-state index contributed by atoms with van der Waals surface area (Å²) in [5.74, 6) is 6.83. The SMILES string of the molecule is Cc1onc(-c2ccc(S(=O)(=O)N(N)C(=O)OCCSSCCO[N+](=O)[O-])cc2)c1-c1ccccc1. The van der Waals surface area contributed by atoms with Gasteiger partial charge in [-0.3, -0.25) is 0 Å². The number of nitrogens with two attached hydrogens (primary N) is 1. The quantitative estimate of drug-likeness (QED) is 0.0857. The van der Waals surface area contributed by atoms with E-state index in [1.165, 1.54) is 33.7 Å². The number of carbonyl (C=O) groups excluding carboxylic acids is 1. The zero-order valence-electron chi connectivity index (χ0n) is 18.9. The fraction of sp³-hybridized carbons (Fsp3) is 0.238. The third-order valence-electron chi connectivity index (χ3n) is 4.63. The van der Waals surface area contributed by atoms with Crippen LogP contribution in [0.3, 0.4) is 0 Å². The Hall–Kier alpha value is -3.27. The average Bonchev–Trinajstić information content (AvgIpc) is 3.26. The summed E-state index contributed by atoms with van der Waals surface area (Å²) in [6.45, 7) is 1.61. The van der Waals surface area contributed by atoms with Crippen molar-refractivity contribution in [3.05, 3.63) is 70.5 Å². The molecule has 12 nitrogen and oxygen atoms in total. The molecule has 36 heavy (non-hydrogen) atoms. The molecule has 0 saturated heterocycles. The summed E-state index contributed by atoms with van der Waals surface area (Å²) >= 11 is 0. The maximum Gasteiger partial charge on any atom is 0.438 e. The van der Waals surface area contributed by atoms with Crippen molar-refractivity contribution in [3.8, 4) is 22.4 Å². The Morgan fingerprint density at radius 2 is 1.72 bits per heavy atom. The molecule has 2 N–H and O–H groups in total. The predicted molar refractivity (Wildman–Crippen MR) is 135 cm³/mol. The number of aryl methyl sites for hydroxylation is 1. The van der Waals surface area contributed by atoms with Gasteiger partial charge >= 0.3 is 6.09 Å². The lowest BCUT2D eigenvalue weighted by Gasteiger charge is -2.16. The molecule has 0 aliphatic heterocycles. The molecule has 0 atom stereocenters. The number of carbonyl (C=O) groups is 1. The minimum Gasteiger partial charge on any atom is -0.447 e. The van der Waals surface area contributed by atoms with Gasteiger partial charge in [-0.05, 0) is 24.6 Å². The van der Waals surface area contributed by atoms with Crippen molar-refractivity contribution in [3.63, 3.8) is 0 Å². The molecule has 0 fully saturated rings. The number of hydrazine groups is 1. The summed E-state index contributed by atoms with van der Waals surface area (Å²) in [4.78, 5) is 26.1. The molecule has 0 bridgehead atoms. The van der Waals surface area contributed by atoms with Crippen LogP contribution in [0.25, 0.3) is 22.4 Å². The number of sulfonamides is 1. The van der Waals surface area contributed by atoms with Crippen molar-refractivity contribution < 1.29 is 32.4 Å². The number of ether oxygens (including phenoxy) is 1. The molecule has 0 radical (unpaired) electrons. The van der Waals surface area contributed by atoms with Gasteiger partial charge in [0.1, 0.15) is 24.7 Å². The van der Waals surface area contributed by atoms with Crippen LogP contribution in [0.15, 0.2) is 64.0 Å². The zero-order valence-corrected chi connectivity index (χ0v) is 21.4. The lowest BCUT2D eigenvalue weighted by molar-refractivity contribution is -0.756. The number of benzene rings is 2. The van der Waals surface area contributed by atoms with Gasteiger partial charge in [-0.2, -0.15) is 8.42 Å². The van der Waals surface area contributed by atoms with Gasteiger partial charge in [0, 0.05) is 17.1 Å². The summed E-state index contributed by atoms with van der Waals surface area (Å²) in [6.07, 6.45) is -1.24. The number of nitrogens with zero attached hydrogens (tertiary/aromatic N) is 3. The second-order valence-corrected chi connectivity index (χ2v) is 11.5. The zero-order chi connectivity index (χ0) is 26.1. The monoisotopic (exact) mass is 554 g/mol. The van der Waals surface area contributed by atoms with E-state index in [9.17, 15) is 23.3 Å². The van der Waals surface area contributed by atoms with Crippen LogP contribution in [0.1, 0.15) is 5.76 Å². The first kappa shape index (κ1) is 27.3. The van der Waals surface area contributed by atoms with Gasteiger partial charge < -0.3 is 14.1 Å². The Kier molecular flexibility index (Phi) is 9.58. The van der Waals surface area contributed by atoms with E-state index in [1.807, 2.05) is 30.3 Å². The van der Waals surface area contributed by atoms with E-state index in [1.54, 1.807) is 19.1 Å². The van der Waals surface area contributed by atoms with Crippen LogP contribution >= 0.6 is 21.6 Å². The van der Waals surface area contributed by atoms with E-state index in [-0.39, 0.29) is 22.5 Å². The number of amides is 1. The number of hydrogen-bond acceptors (Lipinski definition) is 12. The van der Waals surface area contributed by atoms with E-state index in [0.717, 1.165) is 11.1 Å². The standard InChI is InChI=1S/C21H22N4O8S3/c1-15-19(16-5-3-2-4-6-16)20(23-33-15)17-7-9-18(10-8-17)36(29,30)24(22)21(26)31-11-13-34-35-14-12-32-25(27)28/h2-10H,11-14,22H2,1H3. The highest BCUT2D eigenvalue weighted by Crippen LogP contribution is 2.34. The maximum atomic E-state index is 12.8. The topological polar surface area (TPSA) is 168 Å². The molecule has 1 amide bonds. The highest BCUT2D eigenvalue weighted by atomic mass is 33.1. The first-order chi connectivity index (χ1) is 17.2. The molecule has 0 aliphatic rings. The van der Waals surface area contributed by atoms with Crippen LogP contribution in [0.5, 0.6) is 0 Å². The van der Waals surface area contributed by atoms with Crippen LogP contribution in [0, 0.1) is 17.0 Å². The van der Waals surface area contributed by atoms with Crippen LogP contribution in [-0.2, 0) is 19.6 Å². The van der Waals surface area contributed by atoms with Crippen molar-refractivity contribution in [1.29, 1.82) is 0 Å². The second-order valence-electron chi connectivity index (χ2n) is 6.97. The fourth-order valence-electron chi connectivity index (χ4n) is 3.00. The van der Waals surface area contributed by atoms with Crippen molar-refractivity contribution in [2.75, 3.05) is 24.7 Å². The predicted octanol–water partition coefficient (Wildman–Crippen LogP) is 3.91. The van der Waals surface area contributed by atoms with E-state index in [0.29, 0.717) is 28.5 Å². The lowest BCUT2D eigenvalue weighted by atomic mass is 10.00. The molecule has 0 aliphatic carbocycles. The van der Waals surface area contributed by atoms with Gasteiger partial charge in [0.25, 0.3) is 15.1 Å². The molecule has 192 valence electrons. The summed E-state index contributed by atoms with van der Waals surface area (Å²) in [6, 6.07) is 15.2. The Morgan fingerprint density at radius 1 is 1.08 bits per heavy atom. The Balaban J connectivity index is 1.59. The summed E-state index contributed by atoms with van der Waals surface area (Å²) in [7, 11) is -1.80. The van der Waals surface area contributed by atoms with Gasteiger partial charge in [-0.1, -0.05) is 69.2 Å². The smallest absolute Gasteiger partial charge is 0.438 e. The van der Waals surface area contributed by atoms with Crippen LogP contribution < -0.4 is 5.84 Å². The molecule has 3 aromatic rings. The summed E-state index contributed by atoms with van der Waals surface area (Å²) < 4.78 is 35.8. The van der Waals surface area contributed by atoms with Gasteiger partial charge in [0.15, 0.2) is 0 Å². The van der Waals surface area contributed by atoms with E-state index in [4.69, 9.17) is 15.1 Å². The molecule has 1 heterocycles. The fourth-order valence-corrected chi connectivity index (χ4v) is 5.60. The molecule has 2 aromatic carbocycles. The highest BCUT2D eigenvalue weighted by molar-refractivity contribution is 8.76. The third kappa shape index (κ3) is 6.90. The maximum absolute atomic E-state index is 12.8. The number of aromatic nitrogens is 1. The molecule has 1 aromatic heterocycles. The lowest BCUT2D eigenvalue weighted by Crippen LogP contribution is -2.43. The second kappa shape index (κ2) is 12.6. The minimum atomic E-state index is -4.36. The minimum absolute atomic E-state index is 0.0420. The Bertz CT molecular complexity index is 1280. The van der Waals surface area contributed by atoms with Gasteiger partial charge in [-0.25, -0.2) is 10.6 Å². The Labute approximate surface area is 214 Å². The average molecular weight is 555 g/mol. The first-order valence-corrected chi connectivity index (χ1v) is 14.2. The molecular weight excluding hydrogens is 532 g/mol. The van der Waals surface area contributed by atoms with Crippen LogP contribution in [0.2, 0.25) is 0 Å². The summed E-state index contributed by atoms with van der Waals surface area (Å²) in [5.41, 5.74) is 2.86. The van der Waals surface area contributed by atoms with Crippen molar-refractivity contribution in [1.82, 2.24) is 9.57 Å². The highest BCUT2D eigenvalue weighted by Gasteiger charge is 2.28. The summed E-state index contributed by atoms with van der Waals surface area (Å²) in [5, 5.41) is 13.3. The Morgan fingerprint density at radius 3 is 2.36 bits per heavy atom. The van der Waals surface area contributed by atoms with Gasteiger partial charge in [0.2, 0.25) is 0 Å². The van der Waals surface area contributed by atoms with Crippen LogP contribution in [0.4, 0.5) is 4.79 Å². The third-order valence-corrected chi connectivity index (χ3v) is 8.50. The van der Waals surface area contributed by atoms with E-state index < -0.39 is 21.2 Å². The molecule has 0 unspecified atom stereocenters. The van der Waals surface area contributed by atoms with E-state index in [2.05, 4.69) is 9.99 Å². The van der Waals surface area contributed by atoms with E-state index >= 15 is 0 Å². The van der Waals surface area contributed by atoms with Gasteiger partial charge in [-0.15, -0.1) is 14.5 Å². The molecular formula is C21H22N4O8S3. The van der Waals surface area contributed by atoms with Crippen molar-refractivity contribution in [2.45, 2.75) is 11.8 Å². The van der Waals surface area contributed by atoms with Crippen molar-refractivity contribution in [2.24, 2.45) is 5.84 Å². The molecule has 15 heteroatoms. The molecule has 0 spiro atoms. The van der Waals surface area contributed by atoms with Crippen molar-refractivity contribution >= 4 is 37.7 Å². The molecule has 3 rings (SSSR count). The molecule has 0 saturated carbocycles. The first-order valence-electron chi connectivity index (χ1n) is 10.3. The number of hydrogen-bond donors (Lipinski definition) is 1.